The Morgan fingerprint density at radius 2 is 1.24 bits per heavy atom. The first-order valence-electron chi connectivity index (χ1n) is 6.35. The first kappa shape index (κ1) is 15.0. The number of rotatable bonds is 4. The van der Waals surface area contributed by atoms with Crippen LogP contribution < -0.4 is 0 Å². The molecule has 0 saturated heterocycles. The topological polar surface area (TPSA) is 149 Å². The molecule has 8 heteroatoms. The molecule has 0 amide bonds. The molecule has 3 aliphatic carbocycles. The summed E-state index contributed by atoms with van der Waals surface area (Å²) in [5.74, 6) is -13.0. The van der Waals surface area contributed by atoms with E-state index < -0.39 is 59.4 Å². The van der Waals surface area contributed by atoms with Gasteiger partial charge >= 0.3 is 23.9 Å². The van der Waals surface area contributed by atoms with Crippen LogP contribution in [0.25, 0.3) is 0 Å². The highest BCUT2D eigenvalue weighted by molar-refractivity contribution is 5.86. The van der Waals surface area contributed by atoms with E-state index in [4.69, 9.17) is 0 Å². The van der Waals surface area contributed by atoms with Gasteiger partial charge in [-0.25, -0.2) is 0 Å². The molecule has 4 N–H and O–H groups in total. The molecule has 21 heavy (non-hydrogen) atoms. The van der Waals surface area contributed by atoms with Gasteiger partial charge in [0.2, 0.25) is 0 Å². The lowest BCUT2D eigenvalue weighted by molar-refractivity contribution is -0.161. The van der Waals surface area contributed by atoms with Gasteiger partial charge in [0.25, 0.3) is 0 Å². The number of hydrogen-bond donors (Lipinski definition) is 4. The van der Waals surface area contributed by atoms with Crippen molar-refractivity contribution in [2.45, 2.75) is 6.42 Å². The molecule has 0 heterocycles. The van der Waals surface area contributed by atoms with E-state index in [-0.39, 0.29) is 6.42 Å². The molecule has 6 atom stereocenters. The van der Waals surface area contributed by atoms with Crippen molar-refractivity contribution in [2.75, 3.05) is 0 Å². The maximum absolute atomic E-state index is 11.4. The molecule has 1 saturated carbocycles. The lowest BCUT2D eigenvalue weighted by Gasteiger charge is -2.32. The Morgan fingerprint density at radius 3 is 1.67 bits per heavy atom. The van der Waals surface area contributed by atoms with E-state index in [0.29, 0.717) is 0 Å². The van der Waals surface area contributed by atoms with Gasteiger partial charge in [-0.15, -0.1) is 0 Å². The van der Waals surface area contributed by atoms with Crippen molar-refractivity contribution in [1.82, 2.24) is 0 Å². The Kier molecular flexibility index (Phi) is 3.71. The summed E-state index contributed by atoms with van der Waals surface area (Å²) in [6, 6.07) is 0. The smallest absolute Gasteiger partial charge is 0.308 e. The first-order chi connectivity index (χ1) is 9.75. The van der Waals surface area contributed by atoms with E-state index in [1.165, 1.54) is 12.2 Å². The van der Waals surface area contributed by atoms with Crippen molar-refractivity contribution in [1.29, 1.82) is 0 Å². The van der Waals surface area contributed by atoms with Crippen LogP contribution in [0.2, 0.25) is 0 Å². The Labute approximate surface area is 118 Å². The van der Waals surface area contributed by atoms with Crippen molar-refractivity contribution in [3.8, 4) is 0 Å². The average molecular weight is 298 g/mol. The summed E-state index contributed by atoms with van der Waals surface area (Å²) in [5, 5.41) is 37.1. The van der Waals surface area contributed by atoms with Gasteiger partial charge in [-0.1, -0.05) is 12.2 Å². The van der Waals surface area contributed by atoms with Crippen molar-refractivity contribution < 1.29 is 39.6 Å². The minimum absolute atomic E-state index is 0.194. The molecule has 0 aromatic heterocycles. The first-order valence-corrected chi connectivity index (χ1v) is 6.35. The van der Waals surface area contributed by atoms with Gasteiger partial charge in [0.15, 0.2) is 0 Å². The van der Waals surface area contributed by atoms with Crippen molar-refractivity contribution >= 4 is 23.9 Å². The predicted molar refractivity (Wildman–Crippen MR) is 65.2 cm³/mol. The van der Waals surface area contributed by atoms with Gasteiger partial charge in [-0.05, 0) is 12.3 Å². The largest absolute Gasteiger partial charge is 0.481 e. The number of carboxylic acids is 4. The van der Waals surface area contributed by atoms with Crippen LogP contribution in [0, 0.1) is 35.5 Å². The molecule has 0 aliphatic heterocycles. The summed E-state index contributed by atoms with van der Waals surface area (Å²) >= 11 is 0. The van der Waals surface area contributed by atoms with E-state index >= 15 is 0 Å². The zero-order valence-corrected chi connectivity index (χ0v) is 10.7. The van der Waals surface area contributed by atoms with Crippen LogP contribution in [0.15, 0.2) is 12.2 Å². The van der Waals surface area contributed by atoms with Crippen molar-refractivity contribution in [2.24, 2.45) is 35.5 Å². The third kappa shape index (κ3) is 2.37. The van der Waals surface area contributed by atoms with Gasteiger partial charge in [-0.3, -0.25) is 19.2 Å². The highest BCUT2D eigenvalue weighted by Gasteiger charge is 2.56. The van der Waals surface area contributed by atoms with E-state index in [0.717, 1.165) is 0 Å². The van der Waals surface area contributed by atoms with E-state index in [1.807, 2.05) is 0 Å². The predicted octanol–water partition coefficient (Wildman–Crippen LogP) is -0.00450. The normalized spacial score (nSPS) is 37.7. The third-order valence-electron chi connectivity index (χ3n) is 4.39. The summed E-state index contributed by atoms with van der Waals surface area (Å²) in [7, 11) is 0. The van der Waals surface area contributed by atoms with Crippen molar-refractivity contribution in [3.05, 3.63) is 12.2 Å². The summed E-state index contributed by atoms with van der Waals surface area (Å²) in [6.45, 7) is 0. The summed E-state index contributed by atoms with van der Waals surface area (Å²) in [5.41, 5.74) is 0. The van der Waals surface area contributed by atoms with Crippen molar-refractivity contribution in [3.63, 3.8) is 0 Å². The Balaban J connectivity index is 2.57. The van der Waals surface area contributed by atoms with Gasteiger partial charge in [0, 0.05) is 5.92 Å². The second-order valence-corrected chi connectivity index (χ2v) is 5.40. The van der Waals surface area contributed by atoms with Crippen LogP contribution in [0.1, 0.15) is 6.42 Å². The maximum Gasteiger partial charge on any atom is 0.308 e. The molecule has 1 fully saturated rings. The van der Waals surface area contributed by atoms with Crippen LogP contribution in [0.3, 0.4) is 0 Å². The molecule has 0 spiro atoms. The Bertz CT molecular complexity index is 520. The maximum atomic E-state index is 11.4. The van der Waals surface area contributed by atoms with E-state index in [2.05, 4.69) is 0 Å². The zero-order chi connectivity index (χ0) is 15.9. The van der Waals surface area contributed by atoms with Crippen LogP contribution in [-0.4, -0.2) is 44.3 Å². The molecule has 3 rings (SSSR count). The van der Waals surface area contributed by atoms with E-state index in [1.54, 1.807) is 0 Å². The highest BCUT2D eigenvalue weighted by atomic mass is 16.4. The van der Waals surface area contributed by atoms with E-state index in [9.17, 15) is 39.6 Å². The molecule has 114 valence electrons. The Morgan fingerprint density at radius 1 is 0.714 bits per heavy atom. The van der Waals surface area contributed by atoms with Crippen LogP contribution >= 0.6 is 0 Å². The fourth-order valence-corrected chi connectivity index (χ4v) is 3.54. The SMILES string of the molecule is O=C(O)C1CC2C=CC(C1C(=O)O)C(C(=O)O)C2C(=O)O. The molecule has 0 aromatic carbocycles. The highest BCUT2D eigenvalue weighted by Crippen LogP contribution is 2.48. The quantitative estimate of drug-likeness (QED) is 0.529. The zero-order valence-electron chi connectivity index (χ0n) is 10.7. The monoisotopic (exact) mass is 298 g/mol. The second kappa shape index (κ2) is 5.19. The average Bonchev–Trinajstić information content (AvgIpc) is 2.64. The molecular weight excluding hydrogens is 284 g/mol. The Hall–Kier alpha value is -2.38. The van der Waals surface area contributed by atoms with Crippen LogP contribution in [0.4, 0.5) is 0 Å². The molecule has 8 nitrogen and oxygen atoms in total. The van der Waals surface area contributed by atoms with Gasteiger partial charge in [0.1, 0.15) is 0 Å². The molecule has 0 aromatic rings. The third-order valence-corrected chi connectivity index (χ3v) is 4.39. The minimum Gasteiger partial charge on any atom is -0.481 e. The number of aliphatic carboxylic acids is 4. The summed E-state index contributed by atoms with van der Waals surface area (Å²) in [6.07, 6.45) is 2.60. The van der Waals surface area contributed by atoms with Gasteiger partial charge in [0.05, 0.1) is 23.7 Å². The fourth-order valence-electron chi connectivity index (χ4n) is 3.54. The molecule has 2 bridgehead atoms. The van der Waals surface area contributed by atoms with Crippen LogP contribution in [-0.2, 0) is 19.2 Å². The molecule has 6 unspecified atom stereocenters. The summed E-state index contributed by atoms with van der Waals surface area (Å²) in [4.78, 5) is 45.5. The molecular formula is C13H14O8. The fraction of sp³-hybridized carbons (Fsp3) is 0.538. The standard InChI is InChI=1S/C13H14O8/c14-10(15)6-3-4-1-2-5(8(6)12(18)19)9(13(20)21)7(4)11(16)17/h1-2,4-9H,3H2,(H,14,15)(H,16,17)(H,18,19)(H,20,21). The number of hydrogen-bond acceptors (Lipinski definition) is 4. The molecule has 3 aliphatic rings. The number of carbonyl (C=O) groups is 4. The lowest BCUT2D eigenvalue weighted by atomic mass is 9.69. The van der Waals surface area contributed by atoms with Crippen LogP contribution in [0.5, 0.6) is 0 Å². The minimum atomic E-state index is -1.45. The second-order valence-electron chi connectivity index (χ2n) is 5.40. The number of carboxylic acid groups (broad SMARTS) is 4. The molecule has 0 radical (unpaired) electrons. The lowest BCUT2D eigenvalue weighted by Crippen LogP contribution is -2.43. The number of fused-ring (bicyclic) bond motifs is 3. The number of allylic oxidation sites excluding steroid dienone is 2. The summed E-state index contributed by atoms with van der Waals surface area (Å²) < 4.78 is 0. The van der Waals surface area contributed by atoms with Gasteiger partial charge < -0.3 is 20.4 Å². The van der Waals surface area contributed by atoms with Gasteiger partial charge in [-0.2, -0.15) is 0 Å².